The zero-order valence-electron chi connectivity index (χ0n) is 8.72. The van der Waals surface area contributed by atoms with Gasteiger partial charge in [0.05, 0.1) is 0 Å². The van der Waals surface area contributed by atoms with Crippen LogP contribution in [0.2, 0.25) is 0 Å². The minimum absolute atomic E-state index is 0.190. The molecule has 4 heteroatoms. The summed E-state index contributed by atoms with van der Waals surface area (Å²) < 4.78 is 13.8. The normalized spacial score (nSPS) is 10.6. The zero-order chi connectivity index (χ0) is 11.1. The molecule has 1 aromatic rings. The monoisotopic (exact) mass is 291 g/mol. The Kier molecular flexibility index (Phi) is 6.29. The number of thioether (sulfide) groups is 1. The lowest BCUT2D eigenvalue weighted by atomic mass is 10.2. The zero-order valence-corrected chi connectivity index (χ0v) is 11.1. The fourth-order valence-corrected chi connectivity index (χ4v) is 2.23. The molecule has 84 valence electrons. The molecule has 1 N–H and O–H groups in total. The molecule has 0 aliphatic carbocycles. The predicted octanol–water partition coefficient (Wildman–Crippen LogP) is 3.43. The van der Waals surface area contributed by atoms with E-state index in [0.29, 0.717) is 0 Å². The Morgan fingerprint density at radius 2 is 2.20 bits per heavy atom. The average Bonchev–Trinajstić information content (AvgIpc) is 2.16. The van der Waals surface area contributed by atoms with E-state index in [1.165, 1.54) is 11.8 Å². The molecule has 0 aromatic heterocycles. The van der Waals surface area contributed by atoms with Gasteiger partial charge in [0.15, 0.2) is 0 Å². The number of rotatable bonds is 6. The van der Waals surface area contributed by atoms with Gasteiger partial charge in [-0.3, -0.25) is 0 Å². The van der Waals surface area contributed by atoms with Crippen LogP contribution in [0.15, 0.2) is 22.7 Å². The second kappa shape index (κ2) is 7.25. The van der Waals surface area contributed by atoms with E-state index in [9.17, 15) is 4.39 Å². The molecular weight excluding hydrogens is 277 g/mol. The Bertz CT molecular complexity index is 286. The first-order valence-corrected chi connectivity index (χ1v) is 7.05. The number of nitrogens with one attached hydrogen (secondary N) is 1. The predicted molar refractivity (Wildman–Crippen MR) is 68.8 cm³/mol. The van der Waals surface area contributed by atoms with E-state index in [-0.39, 0.29) is 5.82 Å². The summed E-state index contributed by atoms with van der Waals surface area (Å²) >= 11 is 5.12. The van der Waals surface area contributed by atoms with Crippen molar-refractivity contribution in [2.45, 2.75) is 13.0 Å². The van der Waals surface area contributed by atoms with Gasteiger partial charge in [0, 0.05) is 11.0 Å². The van der Waals surface area contributed by atoms with Crippen LogP contribution in [0.4, 0.5) is 4.39 Å². The summed E-state index contributed by atoms with van der Waals surface area (Å²) in [5.74, 6) is 0.977. The third-order valence-corrected chi connectivity index (χ3v) is 3.11. The summed E-state index contributed by atoms with van der Waals surface area (Å²) in [6, 6.07) is 4.97. The molecule has 0 saturated carbocycles. The molecule has 0 spiro atoms. The molecule has 1 aromatic carbocycles. The summed E-state index contributed by atoms with van der Waals surface area (Å²) in [5.41, 5.74) is 0.978. The van der Waals surface area contributed by atoms with Crippen LogP contribution in [0.1, 0.15) is 12.0 Å². The summed E-state index contributed by atoms with van der Waals surface area (Å²) in [7, 11) is 0. The topological polar surface area (TPSA) is 12.0 Å². The summed E-state index contributed by atoms with van der Waals surface area (Å²) in [6.07, 6.45) is 3.25. The number of hydrogen-bond acceptors (Lipinski definition) is 2. The second-order valence-corrected chi connectivity index (χ2v) is 5.20. The van der Waals surface area contributed by atoms with E-state index in [0.717, 1.165) is 29.5 Å². The highest BCUT2D eigenvalue weighted by Crippen LogP contribution is 2.14. The highest BCUT2D eigenvalue weighted by molar-refractivity contribution is 9.10. The van der Waals surface area contributed by atoms with E-state index in [4.69, 9.17) is 0 Å². The summed E-state index contributed by atoms with van der Waals surface area (Å²) in [4.78, 5) is 0. The molecule has 0 heterocycles. The lowest BCUT2D eigenvalue weighted by Crippen LogP contribution is -2.15. The van der Waals surface area contributed by atoms with Crippen LogP contribution in [-0.2, 0) is 6.54 Å². The van der Waals surface area contributed by atoms with Crippen molar-refractivity contribution in [2.24, 2.45) is 0 Å². The van der Waals surface area contributed by atoms with Crippen LogP contribution in [0.5, 0.6) is 0 Å². The van der Waals surface area contributed by atoms with E-state index < -0.39 is 0 Å². The highest BCUT2D eigenvalue weighted by atomic mass is 79.9. The van der Waals surface area contributed by atoms with Gasteiger partial charge in [-0.1, -0.05) is 15.9 Å². The molecular formula is C11H15BrFNS. The minimum Gasteiger partial charge on any atom is -0.313 e. The fourth-order valence-electron chi connectivity index (χ4n) is 1.29. The molecule has 0 atom stereocenters. The van der Waals surface area contributed by atoms with Crippen LogP contribution in [0.25, 0.3) is 0 Å². The maximum Gasteiger partial charge on any atom is 0.124 e. The maximum absolute atomic E-state index is 13.0. The van der Waals surface area contributed by atoms with Gasteiger partial charge in [-0.2, -0.15) is 11.8 Å². The SMILES string of the molecule is CSCCCNCc1cc(F)cc(Br)c1. The Morgan fingerprint density at radius 1 is 1.40 bits per heavy atom. The average molecular weight is 292 g/mol. The standard InChI is InChI=1S/C11H15BrFNS/c1-15-4-2-3-14-8-9-5-10(12)7-11(13)6-9/h5-7,14H,2-4,8H2,1H3. The van der Waals surface area contributed by atoms with Gasteiger partial charge >= 0.3 is 0 Å². The Morgan fingerprint density at radius 3 is 2.87 bits per heavy atom. The van der Waals surface area contributed by atoms with Crippen molar-refractivity contribution in [2.75, 3.05) is 18.6 Å². The van der Waals surface area contributed by atoms with E-state index >= 15 is 0 Å². The first-order valence-electron chi connectivity index (χ1n) is 4.87. The van der Waals surface area contributed by atoms with Crippen molar-refractivity contribution in [1.29, 1.82) is 0 Å². The number of benzene rings is 1. The van der Waals surface area contributed by atoms with Gasteiger partial charge in [0.25, 0.3) is 0 Å². The van der Waals surface area contributed by atoms with E-state index in [2.05, 4.69) is 27.5 Å². The van der Waals surface area contributed by atoms with Gasteiger partial charge < -0.3 is 5.32 Å². The molecule has 0 aliphatic rings. The summed E-state index contributed by atoms with van der Waals surface area (Å²) in [6.45, 7) is 1.71. The molecule has 0 amide bonds. The summed E-state index contributed by atoms with van der Waals surface area (Å²) in [5, 5.41) is 3.29. The van der Waals surface area contributed by atoms with Gasteiger partial charge in [-0.05, 0) is 48.7 Å². The molecule has 1 nitrogen and oxygen atoms in total. The first kappa shape index (κ1) is 13.0. The van der Waals surface area contributed by atoms with Crippen molar-refractivity contribution < 1.29 is 4.39 Å². The highest BCUT2D eigenvalue weighted by Gasteiger charge is 1.98. The molecule has 0 fully saturated rings. The smallest absolute Gasteiger partial charge is 0.124 e. The molecule has 0 radical (unpaired) electrons. The van der Waals surface area contributed by atoms with Crippen molar-refractivity contribution in [3.8, 4) is 0 Å². The van der Waals surface area contributed by atoms with Gasteiger partial charge in [-0.15, -0.1) is 0 Å². The van der Waals surface area contributed by atoms with Crippen molar-refractivity contribution in [1.82, 2.24) is 5.32 Å². The third kappa shape index (κ3) is 5.54. The molecule has 0 unspecified atom stereocenters. The molecule has 15 heavy (non-hydrogen) atoms. The Labute approximate surface area is 103 Å². The number of hydrogen-bond donors (Lipinski definition) is 1. The van der Waals surface area contributed by atoms with Gasteiger partial charge in [-0.25, -0.2) is 4.39 Å². The minimum atomic E-state index is -0.190. The lowest BCUT2D eigenvalue weighted by molar-refractivity contribution is 0.618. The Hall–Kier alpha value is -0.0600. The quantitative estimate of drug-likeness (QED) is 0.806. The van der Waals surface area contributed by atoms with Crippen molar-refractivity contribution in [3.63, 3.8) is 0 Å². The van der Waals surface area contributed by atoms with Crippen LogP contribution >= 0.6 is 27.7 Å². The van der Waals surface area contributed by atoms with E-state index in [1.807, 2.05) is 17.8 Å². The maximum atomic E-state index is 13.0. The largest absolute Gasteiger partial charge is 0.313 e. The van der Waals surface area contributed by atoms with Crippen LogP contribution < -0.4 is 5.32 Å². The Balaban J connectivity index is 2.31. The number of halogens is 2. The molecule has 0 aliphatic heterocycles. The lowest BCUT2D eigenvalue weighted by Gasteiger charge is -2.05. The van der Waals surface area contributed by atoms with Crippen LogP contribution in [-0.4, -0.2) is 18.6 Å². The fraction of sp³-hybridized carbons (Fsp3) is 0.455. The van der Waals surface area contributed by atoms with Crippen LogP contribution in [0.3, 0.4) is 0 Å². The molecule has 0 bridgehead atoms. The van der Waals surface area contributed by atoms with Crippen LogP contribution in [0, 0.1) is 5.82 Å². The van der Waals surface area contributed by atoms with Crippen molar-refractivity contribution in [3.05, 3.63) is 34.1 Å². The van der Waals surface area contributed by atoms with Crippen molar-refractivity contribution >= 4 is 27.7 Å². The second-order valence-electron chi connectivity index (χ2n) is 3.30. The third-order valence-electron chi connectivity index (χ3n) is 1.95. The molecule has 0 saturated heterocycles. The van der Waals surface area contributed by atoms with Gasteiger partial charge in [0.1, 0.15) is 5.82 Å². The van der Waals surface area contributed by atoms with E-state index in [1.54, 1.807) is 6.07 Å². The molecule has 1 rings (SSSR count). The first-order chi connectivity index (χ1) is 7.22. The van der Waals surface area contributed by atoms with Gasteiger partial charge in [0.2, 0.25) is 0 Å².